The van der Waals surface area contributed by atoms with E-state index in [0.29, 0.717) is 24.0 Å². The molecule has 24 heavy (non-hydrogen) atoms. The fourth-order valence-corrected chi connectivity index (χ4v) is 2.13. The number of hydrogen-bond donors (Lipinski definition) is 1. The zero-order valence-corrected chi connectivity index (χ0v) is 14.3. The summed E-state index contributed by atoms with van der Waals surface area (Å²) in [6, 6.07) is 14.6. The summed E-state index contributed by atoms with van der Waals surface area (Å²) in [4.78, 5) is 16.2. The lowest BCUT2D eigenvalue weighted by atomic mass is 10.1. The number of hydrogen-bond acceptors (Lipinski definition) is 4. The van der Waals surface area contributed by atoms with Crippen molar-refractivity contribution in [1.29, 1.82) is 0 Å². The maximum absolute atomic E-state index is 11.0. The van der Waals surface area contributed by atoms with Crippen LogP contribution in [0.4, 0.5) is 5.69 Å². The number of rotatable bonds is 7. The number of amides is 1. The molecule has 1 amide bonds. The van der Waals surface area contributed by atoms with Gasteiger partial charge in [0, 0.05) is 12.6 Å². The summed E-state index contributed by atoms with van der Waals surface area (Å²) < 4.78 is 5.51. The summed E-state index contributed by atoms with van der Waals surface area (Å²) in [5.41, 5.74) is 2.39. The molecule has 5 nitrogen and oxygen atoms in total. The van der Waals surface area contributed by atoms with E-state index in [1.807, 2.05) is 43.3 Å². The SMILES string of the molecule is CC(=O)Nc1ccc(/C(C)=N/OCCOc2ccccc2Cl)cc1. The number of carbonyl (C=O) groups excluding carboxylic acids is 1. The third kappa shape index (κ3) is 5.59. The Labute approximate surface area is 146 Å². The van der Waals surface area contributed by atoms with Gasteiger partial charge in [-0.15, -0.1) is 0 Å². The van der Waals surface area contributed by atoms with Crippen molar-refractivity contribution >= 4 is 28.9 Å². The molecule has 0 bridgehead atoms. The molecule has 6 heteroatoms. The fraction of sp³-hybridized carbons (Fsp3) is 0.222. The van der Waals surface area contributed by atoms with Crippen LogP contribution in [0.25, 0.3) is 0 Å². The Kier molecular flexibility index (Phi) is 6.63. The van der Waals surface area contributed by atoms with Gasteiger partial charge in [-0.3, -0.25) is 4.79 Å². The van der Waals surface area contributed by atoms with E-state index in [0.717, 1.165) is 17.0 Å². The van der Waals surface area contributed by atoms with Crippen molar-refractivity contribution in [1.82, 2.24) is 0 Å². The Balaban J connectivity index is 1.79. The first-order valence-corrected chi connectivity index (χ1v) is 7.86. The van der Waals surface area contributed by atoms with Gasteiger partial charge in [0.05, 0.1) is 10.7 Å². The fourth-order valence-electron chi connectivity index (χ4n) is 1.94. The van der Waals surface area contributed by atoms with Crippen molar-refractivity contribution in [3.05, 3.63) is 59.1 Å². The minimum absolute atomic E-state index is 0.102. The molecule has 0 heterocycles. The predicted octanol–water partition coefficient (Wildman–Crippen LogP) is 4.12. The van der Waals surface area contributed by atoms with Crippen LogP contribution in [0.2, 0.25) is 5.02 Å². The molecule has 0 aliphatic heterocycles. The van der Waals surface area contributed by atoms with E-state index in [-0.39, 0.29) is 5.91 Å². The lowest BCUT2D eigenvalue weighted by Crippen LogP contribution is -2.07. The van der Waals surface area contributed by atoms with Crippen molar-refractivity contribution in [3.8, 4) is 5.75 Å². The van der Waals surface area contributed by atoms with Gasteiger partial charge >= 0.3 is 0 Å². The third-order valence-corrected chi connectivity index (χ3v) is 3.41. The first-order valence-electron chi connectivity index (χ1n) is 7.48. The van der Waals surface area contributed by atoms with Crippen LogP contribution < -0.4 is 10.1 Å². The first-order chi connectivity index (χ1) is 11.6. The second kappa shape index (κ2) is 8.93. The van der Waals surface area contributed by atoms with Crippen LogP contribution in [0.15, 0.2) is 53.7 Å². The Morgan fingerprint density at radius 2 is 1.79 bits per heavy atom. The molecule has 0 spiro atoms. The first kappa shape index (κ1) is 17.8. The van der Waals surface area contributed by atoms with E-state index >= 15 is 0 Å². The van der Waals surface area contributed by atoms with E-state index in [1.165, 1.54) is 6.92 Å². The summed E-state index contributed by atoms with van der Waals surface area (Å²) in [5.74, 6) is 0.520. The number of carbonyl (C=O) groups is 1. The molecular formula is C18H19ClN2O3. The Morgan fingerprint density at radius 3 is 2.46 bits per heavy atom. The second-order valence-corrected chi connectivity index (χ2v) is 5.45. The van der Waals surface area contributed by atoms with Crippen LogP contribution >= 0.6 is 11.6 Å². The van der Waals surface area contributed by atoms with Gasteiger partial charge in [-0.25, -0.2) is 0 Å². The molecule has 0 aromatic heterocycles. The lowest BCUT2D eigenvalue weighted by molar-refractivity contribution is -0.114. The standard InChI is InChI=1S/C18H19ClN2O3/c1-13(15-7-9-16(10-8-15)20-14(2)22)21-24-12-11-23-18-6-4-3-5-17(18)19/h3-10H,11-12H2,1-2H3,(H,20,22)/b21-13+. The zero-order chi connectivity index (χ0) is 17.4. The van der Waals surface area contributed by atoms with Gasteiger partial charge in [0.1, 0.15) is 12.4 Å². The van der Waals surface area contributed by atoms with Gasteiger partial charge in [-0.05, 0) is 36.8 Å². The molecule has 0 aliphatic carbocycles. The summed E-state index contributed by atoms with van der Waals surface area (Å²) in [5, 5.41) is 7.33. The zero-order valence-electron chi connectivity index (χ0n) is 13.6. The van der Waals surface area contributed by atoms with Crippen molar-refractivity contribution in [2.45, 2.75) is 13.8 Å². The molecular weight excluding hydrogens is 328 g/mol. The third-order valence-electron chi connectivity index (χ3n) is 3.09. The number of oxime groups is 1. The van der Waals surface area contributed by atoms with E-state index in [9.17, 15) is 4.79 Å². The van der Waals surface area contributed by atoms with Crippen molar-refractivity contribution in [2.24, 2.45) is 5.16 Å². The Morgan fingerprint density at radius 1 is 1.08 bits per heavy atom. The number of halogens is 1. The number of benzene rings is 2. The molecule has 0 atom stereocenters. The predicted molar refractivity (Wildman–Crippen MR) is 95.9 cm³/mol. The van der Waals surface area contributed by atoms with Crippen molar-refractivity contribution < 1.29 is 14.4 Å². The normalized spacial score (nSPS) is 11.0. The van der Waals surface area contributed by atoms with E-state index in [1.54, 1.807) is 12.1 Å². The molecule has 1 N–H and O–H groups in total. The lowest BCUT2D eigenvalue weighted by Gasteiger charge is -2.07. The molecule has 0 saturated carbocycles. The Bertz CT molecular complexity index is 714. The summed E-state index contributed by atoms with van der Waals surface area (Å²) in [6.07, 6.45) is 0. The number of nitrogens with zero attached hydrogens (tertiary/aromatic N) is 1. The molecule has 0 radical (unpaired) electrons. The highest BCUT2D eigenvalue weighted by atomic mass is 35.5. The van der Waals surface area contributed by atoms with E-state index < -0.39 is 0 Å². The number of anilines is 1. The molecule has 0 unspecified atom stereocenters. The van der Waals surface area contributed by atoms with Gasteiger partial charge in [0.2, 0.25) is 5.91 Å². The summed E-state index contributed by atoms with van der Waals surface area (Å²) >= 11 is 5.99. The smallest absolute Gasteiger partial charge is 0.221 e. The summed E-state index contributed by atoms with van der Waals surface area (Å²) in [6.45, 7) is 3.98. The van der Waals surface area contributed by atoms with Crippen LogP contribution in [-0.4, -0.2) is 24.8 Å². The molecule has 0 saturated heterocycles. The second-order valence-electron chi connectivity index (χ2n) is 5.05. The highest BCUT2D eigenvalue weighted by Crippen LogP contribution is 2.22. The van der Waals surface area contributed by atoms with E-state index in [4.69, 9.17) is 21.2 Å². The van der Waals surface area contributed by atoms with Crippen molar-refractivity contribution in [3.63, 3.8) is 0 Å². The molecule has 0 fully saturated rings. The highest BCUT2D eigenvalue weighted by Gasteiger charge is 2.01. The van der Waals surface area contributed by atoms with Gasteiger partial charge in [0.25, 0.3) is 0 Å². The van der Waals surface area contributed by atoms with Crippen LogP contribution in [0, 0.1) is 0 Å². The van der Waals surface area contributed by atoms with Crippen molar-refractivity contribution in [2.75, 3.05) is 18.5 Å². The van der Waals surface area contributed by atoms with Crippen LogP contribution in [0.1, 0.15) is 19.4 Å². The molecule has 2 rings (SSSR count). The van der Waals surface area contributed by atoms with Crippen LogP contribution in [-0.2, 0) is 9.63 Å². The highest BCUT2D eigenvalue weighted by molar-refractivity contribution is 6.32. The minimum Gasteiger partial charge on any atom is -0.488 e. The van der Waals surface area contributed by atoms with Crippen LogP contribution in [0.5, 0.6) is 5.75 Å². The average Bonchev–Trinajstić information content (AvgIpc) is 2.56. The number of nitrogens with one attached hydrogen (secondary N) is 1. The Hall–Kier alpha value is -2.53. The topological polar surface area (TPSA) is 59.9 Å². The monoisotopic (exact) mass is 346 g/mol. The maximum atomic E-state index is 11.0. The van der Waals surface area contributed by atoms with Crippen LogP contribution in [0.3, 0.4) is 0 Å². The molecule has 2 aromatic rings. The number of ether oxygens (including phenoxy) is 1. The number of para-hydroxylation sites is 1. The average molecular weight is 347 g/mol. The maximum Gasteiger partial charge on any atom is 0.221 e. The van der Waals surface area contributed by atoms with Gasteiger partial charge in [-0.1, -0.05) is 41.0 Å². The van der Waals surface area contributed by atoms with Gasteiger partial charge < -0.3 is 14.9 Å². The van der Waals surface area contributed by atoms with E-state index in [2.05, 4.69) is 10.5 Å². The largest absolute Gasteiger partial charge is 0.488 e. The molecule has 0 aliphatic rings. The van der Waals surface area contributed by atoms with Gasteiger partial charge in [-0.2, -0.15) is 0 Å². The molecule has 2 aromatic carbocycles. The quantitative estimate of drug-likeness (QED) is 0.466. The minimum atomic E-state index is -0.102. The summed E-state index contributed by atoms with van der Waals surface area (Å²) in [7, 11) is 0. The molecule has 126 valence electrons. The van der Waals surface area contributed by atoms with Gasteiger partial charge in [0.15, 0.2) is 6.61 Å².